The molecule has 1 N–H and O–H groups in total. The van der Waals surface area contributed by atoms with Crippen molar-refractivity contribution < 1.29 is 0 Å². The lowest BCUT2D eigenvalue weighted by Crippen LogP contribution is -2.33. The highest BCUT2D eigenvalue weighted by Gasteiger charge is 2.37. The van der Waals surface area contributed by atoms with E-state index in [2.05, 4.69) is 45.9 Å². The average Bonchev–Trinajstić information content (AvgIpc) is 3.19. The molecule has 2 fully saturated rings. The second kappa shape index (κ2) is 5.28. The third kappa shape index (κ3) is 2.28. The molecule has 3 nitrogen and oxygen atoms in total. The molecule has 104 valence electrons. The molecule has 1 aromatic heterocycles. The molecule has 2 aromatic rings. The average molecular weight is 285 g/mol. The van der Waals surface area contributed by atoms with Gasteiger partial charge in [0.05, 0.1) is 5.69 Å². The first-order chi connectivity index (χ1) is 9.90. The normalized spacial score (nSPS) is 26.0. The lowest BCUT2D eigenvalue weighted by Gasteiger charge is -2.21. The fourth-order valence-electron chi connectivity index (χ4n) is 3.44. The predicted molar refractivity (Wildman–Crippen MR) is 82.7 cm³/mol. The van der Waals surface area contributed by atoms with Crippen molar-refractivity contribution in [3.05, 3.63) is 41.4 Å². The second-order valence-electron chi connectivity index (χ2n) is 5.75. The van der Waals surface area contributed by atoms with Gasteiger partial charge in [-0.2, -0.15) is 0 Å². The number of aromatic nitrogens is 1. The van der Waals surface area contributed by atoms with E-state index in [1.807, 2.05) is 0 Å². The summed E-state index contributed by atoms with van der Waals surface area (Å²) in [4.78, 5) is 7.42. The fraction of sp³-hybridized carbons (Fsp3) is 0.438. The van der Waals surface area contributed by atoms with Crippen LogP contribution in [0.3, 0.4) is 0 Å². The minimum atomic E-state index is 0.733. The summed E-state index contributed by atoms with van der Waals surface area (Å²) in [6, 6.07) is 11.2. The van der Waals surface area contributed by atoms with E-state index in [0.29, 0.717) is 0 Å². The van der Waals surface area contributed by atoms with Crippen LogP contribution in [0.15, 0.2) is 35.7 Å². The van der Waals surface area contributed by atoms with Gasteiger partial charge in [0.15, 0.2) is 0 Å². The molecular formula is C16H19N3S. The van der Waals surface area contributed by atoms with E-state index in [-0.39, 0.29) is 0 Å². The zero-order chi connectivity index (χ0) is 13.4. The first-order valence-electron chi connectivity index (χ1n) is 7.35. The number of rotatable bonds is 3. The van der Waals surface area contributed by atoms with Crippen molar-refractivity contribution in [1.29, 1.82) is 0 Å². The highest BCUT2D eigenvalue weighted by molar-refractivity contribution is 7.13. The number of nitrogens with one attached hydrogen (secondary N) is 1. The maximum atomic E-state index is 4.81. The van der Waals surface area contributed by atoms with Crippen LogP contribution in [0.2, 0.25) is 0 Å². The number of fused-ring (bicyclic) bond motifs is 1. The second-order valence-corrected chi connectivity index (χ2v) is 6.61. The first kappa shape index (κ1) is 12.5. The van der Waals surface area contributed by atoms with Crippen LogP contribution in [0.4, 0.5) is 0 Å². The Kier molecular flexibility index (Phi) is 3.30. The Morgan fingerprint density at radius 2 is 2.15 bits per heavy atom. The molecule has 2 unspecified atom stereocenters. The van der Waals surface area contributed by atoms with E-state index in [0.717, 1.165) is 30.1 Å². The van der Waals surface area contributed by atoms with E-state index >= 15 is 0 Å². The largest absolute Gasteiger partial charge is 0.315 e. The Labute approximate surface area is 123 Å². The molecule has 2 aliphatic heterocycles. The van der Waals surface area contributed by atoms with Gasteiger partial charge in [-0.25, -0.2) is 4.98 Å². The predicted octanol–water partition coefficient (Wildman–Crippen LogP) is 2.60. The van der Waals surface area contributed by atoms with Gasteiger partial charge in [-0.3, -0.25) is 4.90 Å². The van der Waals surface area contributed by atoms with E-state index < -0.39 is 0 Å². The smallest absolute Gasteiger partial charge is 0.123 e. The summed E-state index contributed by atoms with van der Waals surface area (Å²) in [6.45, 7) is 4.59. The summed E-state index contributed by atoms with van der Waals surface area (Å²) in [5, 5.41) is 6.87. The third-order valence-electron chi connectivity index (χ3n) is 4.50. The molecule has 0 amide bonds. The minimum absolute atomic E-state index is 0.733. The van der Waals surface area contributed by atoms with Crippen molar-refractivity contribution >= 4 is 11.3 Å². The van der Waals surface area contributed by atoms with Crippen molar-refractivity contribution in [2.75, 3.05) is 19.6 Å². The topological polar surface area (TPSA) is 28.2 Å². The van der Waals surface area contributed by atoms with Gasteiger partial charge in [0, 0.05) is 30.1 Å². The zero-order valence-electron chi connectivity index (χ0n) is 11.5. The molecule has 4 heteroatoms. The van der Waals surface area contributed by atoms with Crippen molar-refractivity contribution in [2.45, 2.75) is 19.0 Å². The molecule has 1 aromatic carbocycles. The molecule has 2 atom stereocenters. The van der Waals surface area contributed by atoms with Crippen molar-refractivity contribution in [3.63, 3.8) is 0 Å². The molecule has 0 spiro atoms. The lowest BCUT2D eigenvalue weighted by molar-refractivity contribution is 0.242. The van der Waals surface area contributed by atoms with E-state index in [1.165, 1.54) is 30.8 Å². The van der Waals surface area contributed by atoms with Gasteiger partial charge in [-0.1, -0.05) is 30.3 Å². The maximum Gasteiger partial charge on any atom is 0.123 e. The summed E-state index contributed by atoms with van der Waals surface area (Å²) in [6.07, 6.45) is 1.34. The van der Waals surface area contributed by atoms with Gasteiger partial charge in [0.1, 0.15) is 5.01 Å². The van der Waals surface area contributed by atoms with E-state index in [9.17, 15) is 0 Å². The van der Waals surface area contributed by atoms with Crippen LogP contribution >= 0.6 is 11.3 Å². The Morgan fingerprint density at radius 3 is 3.05 bits per heavy atom. The molecule has 0 aliphatic carbocycles. The summed E-state index contributed by atoms with van der Waals surface area (Å²) in [7, 11) is 0. The minimum Gasteiger partial charge on any atom is -0.315 e. The van der Waals surface area contributed by atoms with Crippen molar-refractivity contribution in [1.82, 2.24) is 15.2 Å². The molecular weight excluding hydrogens is 266 g/mol. The summed E-state index contributed by atoms with van der Waals surface area (Å²) in [5.41, 5.74) is 2.45. The monoisotopic (exact) mass is 285 g/mol. The Morgan fingerprint density at radius 1 is 1.25 bits per heavy atom. The van der Waals surface area contributed by atoms with Gasteiger partial charge in [-0.15, -0.1) is 11.3 Å². The third-order valence-corrected chi connectivity index (χ3v) is 5.44. The Bertz CT molecular complexity index is 580. The van der Waals surface area contributed by atoms with Crippen molar-refractivity contribution in [2.24, 2.45) is 5.92 Å². The van der Waals surface area contributed by atoms with Crippen LogP contribution in [-0.2, 0) is 6.54 Å². The van der Waals surface area contributed by atoms with Crippen LogP contribution in [0.5, 0.6) is 0 Å². The first-order valence-corrected chi connectivity index (χ1v) is 8.23. The molecule has 2 saturated heterocycles. The molecule has 0 bridgehead atoms. The SMILES string of the molecule is c1ccc(-c2nc(CN3CCC4CNCC43)cs2)cc1. The number of hydrogen-bond donors (Lipinski definition) is 1. The fourth-order valence-corrected chi connectivity index (χ4v) is 4.25. The summed E-state index contributed by atoms with van der Waals surface area (Å²) in [5.74, 6) is 0.863. The molecule has 0 saturated carbocycles. The molecule has 4 rings (SSSR count). The summed E-state index contributed by atoms with van der Waals surface area (Å²) >= 11 is 1.76. The highest BCUT2D eigenvalue weighted by atomic mass is 32.1. The van der Waals surface area contributed by atoms with Crippen LogP contribution in [0, 0.1) is 5.92 Å². The van der Waals surface area contributed by atoms with Crippen molar-refractivity contribution in [3.8, 4) is 10.6 Å². The van der Waals surface area contributed by atoms with Gasteiger partial charge >= 0.3 is 0 Å². The lowest BCUT2D eigenvalue weighted by atomic mass is 10.1. The van der Waals surface area contributed by atoms with Crippen LogP contribution < -0.4 is 5.32 Å². The standard InChI is InChI=1S/C16H19N3S/c1-2-4-12(5-3-1)16-18-14(11-20-16)10-19-7-6-13-8-17-9-15(13)19/h1-5,11,13,15,17H,6-10H2. The molecule has 3 heterocycles. The molecule has 0 radical (unpaired) electrons. The highest BCUT2D eigenvalue weighted by Crippen LogP contribution is 2.30. The quantitative estimate of drug-likeness (QED) is 0.939. The number of benzene rings is 1. The summed E-state index contributed by atoms with van der Waals surface area (Å²) < 4.78 is 0. The van der Waals surface area contributed by atoms with Gasteiger partial charge < -0.3 is 5.32 Å². The van der Waals surface area contributed by atoms with Crippen LogP contribution in [0.1, 0.15) is 12.1 Å². The maximum absolute atomic E-state index is 4.81. The Hall–Kier alpha value is -1.23. The van der Waals surface area contributed by atoms with Gasteiger partial charge in [0.25, 0.3) is 0 Å². The number of nitrogens with zero attached hydrogens (tertiary/aromatic N) is 2. The number of hydrogen-bond acceptors (Lipinski definition) is 4. The number of likely N-dealkylation sites (tertiary alicyclic amines) is 1. The van der Waals surface area contributed by atoms with E-state index in [1.54, 1.807) is 11.3 Å². The number of thiazole rings is 1. The van der Waals surface area contributed by atoms with Gasteiger partial charge in [-0.05, 0) is 25.4 Å². The zero-order valence-corrected chi connectivity index (χ0v) is 12.3. The van der Waals surface area contributed by atoms with Crippen LogP contribution in [-0.4, -0.2) is 35.6 Å². The van der Waals surface area contributed by atoms with E-state index in [4.69, 9.17) is 4.98 Å². The van der Waals surface area contributed by atoms with Gasteiger partial charge in [0.2, 0.25) is 0 Å². The molecule has 20 heavy (non-hydrogen) atoms. The molecule has 2 aliphatic rings. The Balaban J connectivity index is 1.49. The van der Waals surface area contributed by atoms with Crippen LogP contribution in [0.25, 0.3) is 10.6 Å².